The monoisotopic (exact) mass is 395 g/mol. The van der Waals surface area contributed by atoms with E-state index in [1.807, 2.05) is 19.9 Å². The molecule has 152 valence electrons. The van der Waals surface area contributed by atoms with E-state index >= 15 is 0 Å². The molecule has 1 aliphatic rings. The molecule has 0 spiro atoms. The first-order valence-electron chi connectivity index (χ1n) is 9.76. The molecule has 0 aromatic heterocycles. The van der Waals surface area contributed by atoms with Crippen LogP contribution >= 0.6 is 0 Å². The predicted octanol–water partition coefficient (Wildman–Crippen LogP) is 2.45. The lowest BCUT2D eigenvalue weighted by atomic mass is 10.1. The largest absolute Gasteiger partial charge is 0.354 e. The third-order valence-electron chi connectivity index (χ3n) is 4.95. The van der Waals surface area contributed by atoms with Gasteiger partial charge >= 0.3 is 0 Å². The number of amides is 1. The van der Waals surface area contributed by atoms with Gasteiger partial charge in [0, 0.05) is 6.54 Å². The van der Waals surface area contributed by atoms with E-state index in [4.69, 9.17) is 0 Å². The molecule has 1 aliphatic heterocycles. The van der Waals surface area contributed by atoms with Crippen LogP contribution in [0.25, 0.3) is 0 Å². The summed E-state index contributed by atoms with van der Waals surface area (Å²) in [5.41, 5.74) is 2.46. The van der Waals surface area contributed by atoms with Gasteiger partial charge in [-0.3, -0.25) is 9.10 Å². The quantitative estimate of drug-likeness (QED) is 0.687. The molecule has 1 fully saturated rings. The summed E-state index contributed by atoms with van der Waals surface area (Å²) >= 11 is 0. The lowest BCUT2D eigenvalue weighted by Crippen LogP contribution is -2.48. The molecular formula is C20H33N3O3S. The number of sulfonamides is 1. The number of aryl methyl sites for hydroxylation is 2. The first-order chi connectivity index (χ1) is 12.7. The van der Waals surface area contributed by atoms with Crippen LogP contribution in [0, 0.1) is 13.8 Å². The standard InChI is InChI=1S/C20H33N3O3S/c1-16-13-17(2)15-19(14-16)23(27(4,25)26)18(3)20(24)21-9-8-12-22-10-6-5-7-11-22/h13-15,18H,5-12H2,1-4H3,(H,21,24)/t18-/m1/s1. The molecule has 27 heavy (non-hydrogen) atoms. The molecular weight excluding hydrogens is 362 g/mol. The van der Waals surface area contributed by atoms with Gasteiger partial charge in [0.1, 0.15) is 6.04 Å². The van der Waals surface area contributed by atoms with Gasteiger partial charge in [0.2, 0.25) is 15.9 Å². The average molecular weight is 396 g/mol. The van der Waals surface area contributed by atoms with Gasteiger partial charge < -0.3 is 10.2 Å². The number of nitrogens with one attached hydrogen (secondary N) is 1. The van der Waals surface area contributed by atoms with Crippen molar-refractivity contribution in [3.8, 4) is 0 Å². The van der Waals surface area contributed by atoms with Gasteiger partial charge in [-0.2, -0.15) is 0 Å². The summed E-state index contributed by atoms with van der Waals surface area (Å²) in [6.45, 7) is 9.28. The summed E-state index contributed by atoms with van der Waals surface area (Å²) in [5.74, 6) is -0.266. The first kappa shape index (κ1) is 21.7. The van der Waals surface area contributed by atoms with Gasteiger partial charge in [-0.15, -0.1) is 0 Å². The fourth-order valence-corrected chi connectivity index (χ4v) is 4.89. The summed E-state index contributed by atoms with van der Waals surface area (Å²) in [6, 6.07) is 4.79. The van der Waals surface area contributed by atoms with Crippen molar-refractivity contribution in [1.29, 1.82) is 0 Å². The summed E-state index contributed by atoms with van der Waals surface area (Å²) in [7, 11) is -3.58. The zero-order chi connectivity index (χ0) is 20.0. The SMILES string of the molecule is Cc1cc(C)cc(N([C@H](C)C(=O)NCCCN2CCCCC2)S(C)(=O)=O)c1. The highest BCUT2D eigenvalue weighted by atomic mass is 32.2. The number of benzene rings is 1. The van der Waals surface area contributed by atoms with Crippen molar-refractivity contribution in [1.82, 2.24) is 10.2 Å². The molecule has 1 aromatic carbocycles. The van der Waals surface area contributed by atoms with E-state index < -0.39 is 16.1 Å². The molecule has 1 N–H and O–H groups in total. The van der Waals surface area contributed by atoms with E-state index in [0.717, 1.165) is 43.4 Å². The van der Waals surface area contributed by atoms with Crippen LogP contribution in [0.2, 0.25) is 0 Å². The molecule has 0 unspecified atom stereocenters. The first-order valence-corrected chi connectivity index (χ1v) is 11.6. The Bertz CT molecular complexity index is 723. The number of hydrogen-bond acceptors (Lipinski definition) is 4. The second-order valence-electron chi connectivity index (χ2n) is 7.63. The topological polar surface area (TPSA) is 69.7 Å². The number of rotatable bonds is 8. The van der Waals surface area contributed by atoms with Gasteiger partial charge in [-0.05, 0) is 82.9 Å². The molecule has 7 heteroatoms. The third-order valence-corrected chi connectivity index (χ3v) is 6.19. The Morgan fingerprint density at radius 1 is 1.15 bits per heavy atom. The van der Waals surface area contributed by atoms with E-state index in [0.29, 0.717) is 12.2 Å². The number of nitrogens with zero attached hydrogens (tertiary/aromatic N) is 2. The van der Waals surface area contributed by atoms with Gasteiger partial charge in [-0.1, -0.05) is 12.5 Å². The summed E-state index contributed by atoms with van der Waals surface area (Å²) in [5, 5.41) is 2.90. The lowest BCUT2D eigenvalue weighted by Gasteiger charge is -2.29. The molecule has 1 aromatic rings. The van der Waals surface area contributed by atoms with Crippen LogP contribution in [-0.2, 0) is 14.8 Å². The Morgan fingerprint density at radius 3 is 2.30 bits per heavy atom. The minimum absolute atomic E-state index is 0.266. The van der Waals surface area contributed by atoms with Crippen molar-refractivity contribution in [3.05, 3.63) is 29.3 Å². The van der Waals surface area contributed by atoms with Gasteiger partial charge in [0.15, 0.2) is 0 Å². The molecule has 1 heterocycles. The van der Waals surface area contributed by atoms with Crippen molar-refractivity contribution in [3.63, 3.8) is 0 Å². The van der Waals surface area contributed by atoms with E-state index in [9.17, 15) is 13.2 Å². The van der Waals surface area contributed by atoms with Gasteiger partial charge in [0.25, 0.3) is 0 Å². The minimum Gasteiger partial charge on any atom is -0.354 e. The normalized spacial score (nSPS) is 16.7. The molecule has 2 rings (SSSR count). The summed E-state index contributed by atoms with van der Waals surface area (Å²) < 4.78 is 26.0. The molecule has 0 saturated carbocycles. The zero-order valence-electron chi connectivity index (χ0n) is 17.0. The Labute approximate surface area is 164 Å². The Hall–Kier alpha value is -1.60. The number of likely N-dealkylation sites (tertiary alicyclic amines) is 1. The second-order valence-corrected chi connectivity index (χ2v) is 9.49. The second kappa shape index (κ2) is 9.55. The summed E-state index contributed by atoms with van der Waals surface area (Å²) in [6.07, 6.45) is 5.83. The van der Waals surface area contributed by atoms with Crippen LogP contribution in [-0.4, -0.2) is 57.7 Å². The van der Waals surface area contributed by atoms with Crippen molar-refractivity contribution >= 4 is 21.6 Å². The maximum absolute atomic E-state index is 12.6. The van der Waals surface area contributed by atoms with E-state index in [2.05, 4.69) is 10.2 Å². The highest BCUT2D eigenvalue weighted by molar-refractivity contribution is 7.92. The highest BCUT2D eigenvalue weighted by Gasteiger charge is 2.29. The zero-order valence-corrected chi connectivity index (χ0v) is 17.8. The molecule has 1 amide bonds. The van der Waals surface area contributed by atoms with Crippen molar-refractivity contribution < 1.29 is 13.2 Å². The maximum atomic E-state index is 12.6. The van der Waals surface area contributed by atoms with E-state index in [1.165, 1.54) is 23.6 Å². The van der Waals surface area contributed by atoms with Crippen LogP contribution in [0.1, 0.15) is 43.7 Å². The third kappa shape index (κ3) is 6.50. The van der Waals surface area contributed by atoms with Crippen LogP contribution < -0.4 is 9.62 Å². The predicted molar refractivity (Wildman–Crippen MR) is 111 cm³/mol. The Balaban J connectivity index is 1.97. The molecule has 1 atom stereocenters. The fourth-order valence-electron chi connectivity index (χ4n) is 3.73. The van der Waals surface area contributed by atoms with Crippen molar-refractivity contribution in [2.24, 2.45) is 0 Å². The average Bonchev–Trinajstić information content (AvgIpc) is 2.57. The fraction of sp³-hybridized carbons (Fsp3) is 0.650. The van der Waals surface area contributed by atoms with Gasteiger partial charge in [-0.25, -0.2) is 8.42 Å². The summed E-state index contributed by atoms with van der Waals surface area (Å²) in [4.78, 5) is 15.0. The number of carbonyl (C=O) groups is 1. The van der Waals surface area contributed by atoms with E-state index in [-0.39, 0.29) is 5.91 Å². The van der Waals surface area contributed by atoms with Crippen LogP contribution in [0.4, 0.5) is 5.69 Å². The number of carbonyl (C=O) groups excluding carboxylic acids is 1. The Morgan fingerprint density at radius 2 is 1.74 bits per heavy atom. The van der Waals surface area contributed by atoms with Crippen molar-refractivity contribution in [2.75, 3.05) is 36.7 Å². The lowest BCUT2D eigenvalue weighted by molar-refractivity contribution is -0.121. The van der Waals surface area contributed by atoms with Crippen LogP contribution in [0.5, 0.6) is 0 Å². The van der Waals surface area contributed by atoms with Gasteiger partial charge in [0.05, 0.1) is 11.9 Å². The smallest absolute Gasteiger partial charge is 0.243 e. The van der Waals surface area contributed by atoms with Crippen molar-refractivity contribution in [2.45, 2.75) is 52.5 Å². The minimum atomic E-state index is -3.58. The number of piperidine rings is 1. The van der Waals surface area contributed by atoms with E-state index in [1.54, 1.807) is 19.1 Å². The number of hydrogen-bond donors (Lipinski definition) is 1. The Kier molecular flexibility index (Phi) is 7.68. The maximum Gasteiger partial charge on any atom is 0.243 e. The van der Waals surface area contributed by atoms with Crippen LogP contribution in [0.15, 0.2) is 18.2 Å². The highest BCUT2D eigenvalue weighted by Crippen LogP contribution is 2.23. The number of anilines is 1. The molecule has 1 saturated heterocycles. The molecule has 0 aliphatic carbocycles. The van der Waals surface area contributed by atoms with Crippen LogP contribution in [0.3, 0.4) is 0 Å². The molecule has 0 bridgehead atoms. The molecule has 0 radical (unpaired) electrons. The molecule has 6 nitrogen and oxygen atoms in total.